The molecule has 0 saturated carbocycles. The van der Waals surface area contributed by atoms with E-state index in [0.29, 0.717) is 6.04 Å². The zero-order chi connectivity index (χ0) is 14.7. The second-order valence-electron chi connectivity index (χ2n) is 5.05. The van der Waals surface area contributed by atoms with Crippen LogP contribution in [0.3, 0.4) is 0 Å². The highest BCUT2D eigenvalue weighted by molar-refractivity contribution is 5.78. The van der Waals surface area contributed by atoms with Gasteiger partial charge in [-0.25, -0.2) is 14.6 Å². The molecule has 1 N–H and O–H groups in total. The van der Waals surface area contributed by atoms with Crippen molar-refractivity contribution in [1.82, 2.24) is 25.1 Å². The summed E-state index contributed by atoms with van der Waals surface area (Å²) in [5.41, 5.74) is 2.92. The molecule has 2 aromatic heterocycles. The number of benzene rings is 1. The highest BCUT2D eigenvalue weighted by Crippen LogP contribution is 2.19. The first-order valence-electron chi connectivity index (χ1n) is 7.23. The lowest BCUT2D eigenvalue weighted by Crippen LogP contribution is -2.27. The number of likely N-dealkylation sites (N-methyl/N-ethyl adjacent to an activating group) is 1. The van der Waals surface area contributed by atoms with Gasteiger partial charge in [0.1, 0.15) is 6.33 Å². The van der Waals surface area contributed by atoms with E-state index in [1.807, 2.05) is 48.3 Å². The van der Waals surface area contributed by atoms with Gasteiger partial charge >= 0.3 is 0 Å². The van der Waals surface area contributed by atoms with E-state index in [9.17, 15) is 0 Å². The van der Waals surface area contributed by atoms with Gasteiger partial charge in [0.25, 0.3) is 0 Å². The van der Waals surface area contributed by atoms with Crippen molar-refractivity contribution in [3.63, 3.8) is 0 Å². The molecular weight excluding hydrogens is 262 g/mol. The van der Waals surface area contributed by atoms with Gasteiger partial charge in [0, 0.05) is 12.5 Å². The third-order valence-corrected chi connectivity index (χ3v) is 3.79. The number of hydrogen-bond acceptors (Lipinski definition) is 4. The second-order valence-corrected chi connectivity index (χ2v) is 5.05. The molecule has 3 rings (SSSR count). The fraction of sp³-hybridized carbons (Fsp3) is 0.312. The van der Waals surface area contributed by atoms with Crippen molar-refractivity contribution in [2.45, 2.75) is 25.8 Å². The maximum Gasteiger partial charge on any atom is 0.166 e. The molecule has 0 bridgehead atoms. The first-order valence-corrected chi connectivity index (χ1v) is 7.23. The lowest BCUT2D eigenvalue weighted by atomic mass is 10.1. The number of fused-ring (bicyclic) bond motifs is 1. The number of aromatic nitrogens is 4. The van der Waals surface area contributed by atoms with Crippen molar-refractivity contribution in [2.75, 3.05) is 7.05 Å². The molecule has 21 heavy (non-hydrogen) atoms. The highest BCUT2D eigenvalue weighted by atomic mass is 15.3. The molecular formula is C16H19N5. The fourth-order valence-corrected chi connectivity index (χ4v) is 2.50. The largest absolute Gasteiger partial charge is 0.317 e. The van der Waals surface area contributed by atoms with Gasteiger partial charge in [-0.05, 0) is 25.6 Å². The predicted octanol–water partition coefficient (Wildman–Crippen LogP) is 2.36. The number of nitrogens with one attached hydrogen (secondary N) is 1. The zero-order valence-corrected chi connectivity index (χ0v) is 12.3. The molecule has 0 aliphatic heterocycles. The van der Waals surface area contributed by atoms with E-state index in [1.54, 1.807) is 6.33 Å². The molecule has 5 heteroatoms. The quantitative estimate of drug-likeness (QED) is 0.780. The molecule has 0 aliphatic carbocycles. The van der Waals surface area contributed by atoms with Crippen LogP contribution in [-0.2, 0) is 6.42 Å². The maximum atomic E-state index is 4.48. The van der Waals surface area contributed by atoms with E-state index >= 15 is 0 Å². The molecule has 0 spiro atoms. The van der Waals surface area contributed by atoms with Crippen LogP contribution in [-0.4, -0.2) is 32.8 Å². The van der Waals surface area contributed by atoms with Crippen LogP contribution < -0.4 is 5.32 Å². The van der Waals surface area contributed by atoms with Gasteiger partial charge in [0.2, 0.25) is 0 Å². The minimum absolute atomic E-state index is 0.420. The summed E-state index contributed by atoms with van der Waals surface area (Å²) in [6, 6.07) is 10.5. The third kappa shape index (κ3) is 2.64. The Hall–Kier alpha value is -2.27. The van der Waals surface area contributed by atoms with Crippen LogP contribution in [0.1, 0.15) is 19.0 Å². The first-order chi connectivity index (χ1) is 10.3. The molecule has 0 saturated heterocycles. The molecule has 0 amide bonds. The van der Waals surface area contributed by atoms with Crippen molar-refractivity contribution in [2.24, 2.45) is 0 Å². The third-order valence-electron chi connectivity index (χ3n) is 3.79. The summed E-state index contributed by atoms with van der Waals surface area (Å²) in [6.45, 7) is 2.17. The van der Waals surface area contributed by atoms with Crippen molar-refractivity contribution >= 4 is 11.0 Å². The Balaban J connectivity index is 2.04. The first kappa shape index (κ1) is 13.7. The number of para-hydroxylation sites is 1. The second kappa shape index (κ2) is 6.01. The van der Waals surface area contributed by atoms with Crippen LogP contribution in [0.2, 0.25) is 0 Å². The van der Waals surface area contributed by atoms with E-state index < -0.39 is 0 Å². The monoisotopic (exact) mass is 281 g/mol. The van der Waals surface area contributed by atoms with Gasteiger partial charge in [-0.3, -0.25) is 0 Å². The van der Waals surface area contributed by atoms with Crippen molar-refractivity contribution in [3.05, 3.63) is 48.5 Å². The molecule has 0 radical (unpaired) electrons. The summed E-state index contributed by atoms with van der Waals surface area (Å²) < 4.78 is 1.86. The summed E-state index contributed by atoms with van der Waals surface area (Å²) in [4.78, 5) is 8.85. The number of hydrogen-bond donors (Lipinski definition) is 1. The Bertz CT molecular complexity index is 716. The molecule has 1 unspecified atom stereocenters. The number of nitrogens with zero attached hydrogens (tertiary/aromatic N) is 4. The van der Waals surface area contributed by atoms with E-state index in [0.717, 1.165) is 35.3 Å². The summed E-state index contributed by atoms with van der Waals surface area (Å²) in [5, 5.41) is 8.82. The molecule has 108 valence electrons. The lowest BCUT2D eigenvalue weighted by molar-refractivity contribution is 0.539. The molecule has 0 aliphatic rings. The average molecular weight is 281 g/mol. The van der Waals surface area contributed by atoms with E-state index in [1.165, 1.54) is 0 Å². The molecule has 2 heterocycles. The molecule has 5 nitrogen and oxygen atoms in total. The van der Waals surface area contributed by atoms with Crippen molar-refractivity contribution in [1.29, 1.82) is 0 Å². The van der Waals surface area contributed by atoms with Crippen molar-refractivity contribution < 1.29 is 0 Å². The van der Waals surface area contributed by atoms with Crippen LogP contribution in [0.4, 0.5) is 0 Å². The number of rotatable bonds is 5. The minimum atomic E-state index is 0.420. The van der Waals surface area contributed by atoms with E-state index in [-0.39, 0.29) is 0 Å². The Morgan fingerprint density at radius 3 is 2.71 bits per heavy atom. The van der Waals surface area contributed by atoms with E-state index in [4.69, 9.17) is 0 Å². The van der Waals surface area contributed by atoms with Crippen LogP contribution in [0.15, 0.2) is 42.9 Å². The van der Waals surface area contributed by atoms with E-state index in [2.05, 4.69) is 27.3 Å². The normalized spacial score (nSPS) is 12.7. The minimum Gasteiger partial charge on any atom is -0.317 e. The molecule has 0 fully saturated rings. The Morgan fingerprint density at radius 1 is 1.19 bits per heavy atom. The smallest absolute Gasteiger partial charge is 0.166 e. The average Bonchev–Trinajstić information content (AvgIpc) is 2.98. The summed E-state index contributed by atoms with van der Waals surface area (Å²) in [6.07, 6.45) is 5.43. The summed E-state index contributed by atoms with van der Waals surface area (Å²) in [5.74, 6) is 0. The Labute approximate surface area is 124 Å². The van der Waals surface area contributed by atoms with Crippen molar-refractivity contribution in [3.8, 4) is 5.69 Å². The van der Waals surface area contributed by atoms with Gasteiger partial charge in [-0.1, -0.05) is 25.1 Å². The highest BCUT2D eigenvalue weighted by Gasteiger charge is 2.13. The Kier molecular flexibility index (Phi) is 3.92. The van der Waals surface area contributed by atoms with Gasteiger partial charge in [-0.2, -0.15) is 5.10 Å². The van der Waals surface area contributed by atoms with Crippen LogP contribution >= 0.6 is 0 Å². The van der Waals surface area contributed by atoms with Gasteiger partial charge < -0.3 is 5.32 Å². The van der Waals surface area contributed by atoms with Gasteiger partial charge in [-0.15, -0.1) is 0 Å². The topological polar surface area (TPSA) is 55.6 Å². The Morgan fingerprint density at radius 2 is 2.00 bits per heavy atom. The SMILES string of the molecule is CCC(Cc1ncnc2c1cnn2-c1ccccc1)NC. The molecule has 1 atom stereocenters. The van der Waals surface area contributed by atoms with Gasteiger partial charge in [0.15, 0.2) is 5.65 Å². The van der Waals surface area contributed by atoms with Crippen LogP contribution in [0.5, 0.6) is 0 Å². The summed E-state index contributed by atoms with van der Waals surface area (Å²) in [7, 11) is 1.99. The van der Waals surface area contributed by atoms with Gasteiger partial charge in [0.05, 0.1) is 23.0 Å². The fourth-order valence-electron chi connectivity index (χ4n) is 2.50. The zero-order valence-electron chi connectivity index (χ0n) is 12.3. The molecule has 3 aromatic rings. The maximum absolute atomic E-state index is 4.48. The predicted molar refractivity (Wildman–Crippen MR) is 83.5 cm³/mol. The lowest BCUT2D eigenvalue weighted by Gasteiger charge is -2.13. The van der Waals surface area contributed by atoms with Crippen LogP contribution in [0, 0.1) is 0 Å². The van der Waals surface area contributed by atoms with Crippen LogP contribution in [0.25, 0.3) is 16.7 Å². The molecule has 1 aromatic carbocycles. The summed E-state index contributed by atoms with van der Waals surface area (Å²) >= 11 is 0. The standard InChI is InChI=1S/C16H19N5/c1-3-12(17-2)9-15-14-10-20-21(16(14)19-11-18-15)13-7-5-4-6-8-13/h4-8,10-12,17H,3,9H2,1-2H3.